The molecule has 1 saturated heterocycles. The Labute approximate surface area is 103 Å². The van der Waals surface area contributed by atoms with Crippen molar-refractivity contribution in [1.82, 2.24) is 5.32 Å². The highest BCUT2D eigenvalue weighted by molar-refractivity contribution is 5.55. The van der Waals surface area contributed by atoms with Gasteiger partial charge in [0, 0.05) is 30.9 Å². The second-order valence-electron chi connectivity index (χ2n) is 5.25. The van der Waals surface area contributed by atoms with Gasteiger partial charge in [-0.25, -0.2) is 0 Å². The van der Waals surface area contributed by atoms with Crippen molar-refractivity contribution in [2.45, 2.75) is 26.3 Å². The quantitative estimate of drug-likeness (QED) is 0.801. The molecule has 0 saturated carbocycles. The highest BCUT2D eigenvalue weighted by atomic mass is 15.3. The van der Waals surface area contributed by atoms with Gasteiger partial charge in [0.15, 0.2) is 0 Å². The van der Waals surface area contributed by atoms with Crippen LogP contribution in [0.2, 0.25) is 0 Å². The van der Waals surface area contributed by atoms with E-state index in [9.17, 15) is 0 Å². The predicted molar refractivity (Wildman–Crippen MR) is 70.2 cm³/mol. The van der Waals surface area contributed by atoms with Gasteiger partial charge in [0.2, 0.25) is 0 Å². The fourth-order valence-electron chi connectivity index (χ4n) is 2.40. The van der Waals surface area contributed by atoms with Crippen LogP contribution < -0.4 is 10.2 Å². The van der Waals surface area contributed by atoms with Crippen molar-refractivity contribution >= 4 is 5.69 Å². The van der Waals surface area contributed by atoms with Gasteiger partial charge in [-0.2, -0.15) is 5.26 Å². The van der Waals surface area contributed by atoms with Crippen LogP contribution in [-0.2, 0) is 0 Å². The van der Waals surface area contributed by atoms with E-state index in [0.717, 1.165) is 30.8 Å². The van der Waals surface area contributed by atoms with Crippen LogP contribution in [-0.4, -0.2) is 25.2 Å². The molecule has 1 aromatic carbocycles. The van der Waals surface area contributed by atoms with Crippen LogP contribution in [0.3, 0.4) is 0 Å². The van der Waals surface area contributed by atoms with E-state index in [4.69, 9.17) is 5.26 Å². The monoisotopic (exact) mass is 229 g/mol. The van der Waals surface area contributed by atoms with Gasteiger partial charge in [0.25, 0.3) is 0 Å². The van der Waals surface area contributed by atoms with Crippen LogP contribution in [0.15, 0.2) is 18.2 Å². The number of hydrogen-bond acceptors (Lipinski definition) is 3. The molecule has 0 bridgehead atoms. The fourth-order valence-corrected chi connectivity index (χ4v) is 2.40. The number of nitriles is 1. The van der Waals surface area contributed by atoms with Crippen LogP contribution in [0.1, 0.15) is 25.0 Å². The first-order valence-corrected chi connectivity index (χ1v) is 6.04. The largest absolute Gasteiger partial charge is 0.364 e. The summed E-state index contributed by atoms with van der Waals surface area (Å²) in [4.78, 5) is 2.41. The summed E-state index contributed by atoms with van der Waals surface area (Å²) in [6.07, 6.45) is 0. The molecule has 1 aliphatic rings. The maximum absolute atomic E-state index is 8.95. The van der Waals surface area contributed by atoms with Crippen LogP contribution in [0.25, 0.3) is 0 Å². The van der Waals surface area contributed by atoms with E-state index >= 15 is 0 Å². The Balaban J connectivity index is 2.34. The first-order valence-electron chi connectivity index (χ1n) is 6.04. The topological polar surface area (TPSA) is 39.1 Å². The summed E-state index contributed by atoms with van der Waals surface area (Å²) in [6.45, 7) is 9.50. The van der Waals surface area contributed by atoms with Crippen LogP contribution in [0.4, 0.5) is 5.69 Å². The maximum atomic E-state index is 8.95. The van der Waals surface area contributed by atoms with E-state index in [-0.39, 0.29) is 5.54 Å². The zero-order chi connectivity index (χ0) is 12.5. The minimum absolute atomic E-state index is 0.124. The molecule has 3 nitrogen and oxygen atoms in total. The van der Waals surface area contributed by atoms with E-state index in [0.29, 0.717) is 0 Å². The molecule has 0 atom stereocenters. The lowest BCUT2D eigenvalue weighted by molar-refractivity contribution is 0.380. The zero-order valence-corrected chi connectivity index (χ0v) is 10.7. The summed E-state index contributed by atoms with van der Waals surface area (Å²) in [7, 11) is 0. The number of piperazine rings is 1. The third kappa shape index (κ3) is 2.27. The zero-order valence-electron chi connectivity index (χ0n) is 10.7. The summed E-state index contributed by atoms with van der Waals surface area (Å²) < 4.78 is 0. The van der Waals surface area contributed by atoms with Crippen LogP contribution in [0.5, 0.6) is 0 Å². The summed E-state index contributed by atoms with van der Waals surface area (Å²) in [5.74, 6) is 0. The third-order valence-electron chi connectivity index (χ3n) is 3.44. The fraction of sp³-hybridized carbons (Fsp3) is 0.500. The van der Waals surface area contributed by atoms with Gasteiger partial charge in [-0.15, -0.1) is 0 Å². The van der Waals surface area contributed by atoms with Gasteiger partial charge >= 0.3 is 0 Å². The molecule has 1 aliphatic heterocycles. The maximum Gasteiger partial charge on any atom is 0.0994 e. The Morgan fingerprint density at radius 2 is 2.18 bits per heavy atom. The van der Waals surface area contributed by atoms with Crippen molar-refractivity contribution in [3.63, 3.8) is 0 Å². The van der Waals surface area contributed by atoms with Gasteiger partial charge in [-0.1, -0.05) is 0 Å². The normalized spacial score (nSPS) is 18.8. The average molecular weight is 229 g/mol. The number of nitrogens with one attached hydrogen (secondary N) is 1. The van der Waals surface area contributed by atoms with Crippen LogP contribution >= 0.6 is 0 Å². The van der Waals surface area contributed by atoms with E-state index in [1.165, 1.54) is 5.69 Å². The summed E-state index contributed by atoms with van der Waals surface area (Å²) in [6, 6.07) is 8.31. The van der Waals surface area contributed by atoms with Gasteiger partial charge in [0.05, 0.1) is 11.6 Å². The Hall–Kier alpha value is -1.53. The number of hydrogen-bond donors (Lipinski definition) is 1. The van der Waals surface area contributed by atoms with Crippen molar-refractivity contribution in [2.75, 3.05) is 24.5 Å². The SMILES string of the molecule is Cc1cc(N2CCNCC2(C)C)ccc1C#N. The molecular weight excluding hydrogens is 210 g/mol. The van der Waals surface area contributed by atoms with Crippen molar-refractivity contribution < 1.29 is 0 Å². The highest BCUT2D eigenvalue weighted by Crippen LogP contribution is 2.27. The molecule has 0 aromatic heterocycles. The molecule has 1 N–H and O–H groups in total. The van der Waals surface area contributed by atoms with Gasteiger partial charge in [-0.3, -0.25) is 0 Å². The minimum atomic E-state index is 0.124. The molecule has 2 rings (SSSR count). The molecule has 17 heavy (non-hydrogen) atoms. The number of aryl methyl sites for hydroxylation is 1. The molecule has 0 aliphatic carbocycles. The lowest BCUT2D eigenvalue weighted by Gasteiger charge is -2.44. The number of anilines is 1. The summed E-state index contributed by atoms with van der Waals surface area (Å²) in [5.41, 5.74) is 3.16. The number of nitrogens with zero attached hydrogens (tertiary/aromatic N) is 2. The molecule has 1 aromatic rings. The Morgan fingerprint density at radius 3 is 2.76 bits per heavy atom. The lowest BCUT2D eigenvalue weighted by Crippen LogP contribution is -2.58. The molecule has 1 heterocycles. The molecule has 0 unspecified atom stereocenters. The first kappa shape index (κ1) is 11.9. The first-order chi connectivity index (χ1) is 8.04. The minimum Gasteiger partial charge on any atom is -0.364 e. The third-order valence-corrected chi connectivity index (χ3v) is 3.44. The van der Waals surface area contributed by atoms with Gasteiger partial charge in [0.1, 0.15) is 0 Å². The molecule has 3 heteroatoms. The Morgan fingerprint density at radius 1 is 1.41 bits per heavy atom. The average Bonchev–Trinajstić information content (AvgIpc) is 2.28. The molecule has 0 radical (unpaired) electrons. The van der Waals surface area contributed by atoms with E-state index < -0.39 is 0 Å². The highest BCUT2D eigenvalue weighted by Gasteiger charge is 2.29. The number of rotatable bonds is 1. The summed E-state index contributed by atoms with van der Waals surface area (Å²) in [5, 5.41) is 12.4. The van der Waals surface area contributed by atoms with Crippen molar-refractivity contribution in [3.05, 3.63) is 29.3 Å². The molecule has 0 spiro atoms. The smallest absolute Gasteiger partial charge is 0.0994 e. The van der Waals surface area contributed by atoms with Crippen molar-refractivity contribution in [3.8, 4) is 6.07 Å². The van der Waals surface area contributed by atoms with E-state index in [2.05, 4.69) is 42.3 Å². The van der Waals surface area contributed by atoms with Gasteiger partial charge < -0.3 is 10.2 Å². The van der Waals surface area contributed by atoms with E-state index in [1.807, 2.05) is 13.0 Å². The summed E-state index contributed by atoms with van der Waals surface area (Å²) >= 11 is 0. The molecule has 90 valence electrons. The molecular formula is C14H19N3. The predicted octanol–water partition coefficient (Wildman–Crippen LogP) is 2.05. The van der Waals surface area contributed by atoms with Crippen LogP contribution in [0, 0.1) is 18.3 Å². The second-order valence-corrected chi connectivity index (χ2v) is 5.25. The van der Waals surface area contributed by atoms with Crippen molar-refractivity contribution in [1.29, 1.82) is 5.26 Å². The van der Waals surface area contributed by atoms with Crippen molar-refractivity contribution in [2.24, 2.45) is 0 Å². The number of benzene rings is 1. The Bertz CT molecular complexity index is 457. The lowest BCUT2D eigenvalue weighted by atomic mass is 9.98. The molecule has 0 amide bonds. The standard InChI is InChI=1S/C14H19N3/c1-11-8-13(5-4-12(11)9-15)17-7-6-16-10-14(17,2)3/h4-5,8,16H,6-7,10H2,1-3H3. The Kier molecular flexibility index (Phi) is 3.08. The molecule has 1 fully saturated rings. The van der Waals surface area contributed by atoms with Gasteiger partial charge in [-0.05, 0) is 44.5 Å². The van der Waals surface area contributed by atoms with E-state index in [1.54, 1.807) is 0 Å². The second kappa shape index (κ2) is 4.38.